The summed E-state index contributed by atoms with van der Waals surface area (Å²) in [4.78, 5) is 18.2. The molecule has 4 rings (SSSR count). The molecule has 0 saturated heterocycles. The molecule has 0 spiro atoms. The molecule has 4 aromatic rings. The van der Waals surface area contributed by atoms with E-state index in [0.717, 1.165) is 29.9 Å². The fraction of sp³-hybridized carbons (Fsp3) is 0.333. The molecule has 0 amide bonds. The Hall–Kier alpha value is -3.60. The van der Waals surface area contributed by atoms with E-state index in [-0.39, 0.29) is 11.0 Å². The number of ether oxygens (including phenoxy) is 2. The quantitative estimate of drug-likeness (QED) is 0.275. The molecule has 0 saturated carbocycles. The summed E-state index contributed by atoms with van der Waals surface area (Å²) in [6.07, 6.45) is 1.64. The number of unbranched alkanes of at least 4 members (excludes halogenated alkanes) is 1. The minimum Gasteiger partial charge on any atom is -0.497 e. The van der Waals surface area contributed by atoms with Crippen LogP contribution >= 0.6 is 0 Å². The third-order valence-electron chi connectivity index (χ3n) is 6.19. The predicted molar refractivity (Wildman–Crippen MR) is 143 cm³/mol. The Morgan fingerprint density at radius 3 is 2.40 bits per heavy atom. The molecule has 0 aliphatic rings. The van der Waals surface area contributed by atoms with Gasteiger partial charge in [-0.15, -0.1) is 0 Å². The molecule has 1 aromatic heterocycles. The molecule has 0 bridgehead atoms. The molecule has 0 aliphatic heterocycles. The van der Waals surface area contributed by atoms with Gasteiger partial charge in [0.05, 0.1) is 24.6 Å². The van der Waals surface area contributed by atoms with Crippen molar-refractivity contribution in [3.05, 3.63) is 88.2 Å². The van der Waals surface area contributed by atoms with Crippen LogP contribution in [-0.2, 0) is 12.0 Å². The first kappa shape index (κ1) is 24.5. The molecule has 182 valence electrons. The topological polar surface area (TPSA) is 53.3 Å². The lowest BCUT2D eigenvalue weighted by molar-refractivity contribution is 0.295. The number of hydrogen-bond acceptors (Lipinski definition) is 4. The van der Waals surface area contributed by atoms with Crippen LogP contribution in [0.25, 0.3) is 22.3 Å². The number of aryl methyl sites for hydroxylation is 1. The van der Waals surface area contributed by atoms with Gasteiger partial charge in [-0.3, -0.25) is 9.36 Å². The predicted octanol–water partition coefficient (Wildman–Crippen LogP) is 6.54. The number of fused-ring (bicyclic) bond motifs is 1. The smallest absolute Gasteiger partial charge is 0.261 e. The van der Waals surface area contributed by atoms with E-state index in [1.807, 2.05) is 48.5 Å². The normalized spacial score (nSPS) is 11.6. The van der Waals surface area contributed by atoms with Gasteiger partial charge in [-0.1, -0.05) is 50.6 Å². The van der Waals surface area contributed by atoms with Crippen molar-refractivity contribution in [3.63, 3.8) is 0 Å². The van der Waals surface area contributed by atoms with E-state index >= 15 is 0 Å². The number of methoxy groups -OCH3 is 1. The highest BCUT2D eigenvalue weighted by atomic mass is 16.5. The summed E-state index contributed by atoms with van der Waals surface area (Å²) in [5, 5.41) is 0.635. The molecule has 35 heavy (non-hydrogen) atoms. The van der Waals surface area contributed by atoms with E-state index in [2.05, 4.69) is 45.9 Å². The molecule has 0 radical (unpaired) electrons. The average molecular weight is 471 g/mol. The van der Waals surface area contributed by atoms with Crippen molar-refractivity contribution in [2.24, 2.45) is 0 Å². The third kappa shape index (κ3) is 5.56. The molecule has 5 nitrogen and oxygen atoms in total. The van der Waals surface area contributed by atoms with Crippen molar-refractivity contribution in [2.45, 2.75) is 52.5 Å². The Labute approximate surface area is 207 Å². The van der Waals surface area contributed by atoms with Crippen LogP contribution in [0.1, 0.15) is 44.7 Å². The van der Waals surface area contributed by atoms with Crippen molar-refractivity contribution < 1.29 is 9.47 Å². The Kier molecular flexibility index (Phi) is 7.25. The Bertz CT molecular complexity index is 1370. The second-order valence-electron chi connectivity index (χ2n) is 9.94. The first-order valence-electron chi connectivity index (χ1n) is 12.2. The van der Waals surface area contributed by atoms with E-state index in [1.54, 1.807) is 11.7 Å². The van der Waals surface area contributed by atoms with Gasteiger partial charge in [0.15, 0.2) is 0 Å². The van der Waals surface area contributed by atoms with E-state index < -0.39 is 0 Å². The monoisotopic (exact) mass is 470 g/mol. The standard InChI is InChI=1S/C30H34N2O3/c1-21-12-17-27(25(20-21)30(2,3)4)35-19-9-8-18-32-28(22-13-15-23(34-5)16-14-22)31-26-11-7-6-10-24(26)29(32)33/h6-7,10-17,20H,8-9,18-19H2,1-5H3. The minimum atomic E-state index is -0.0177. The maximum atomic E-state index is 13.4. The van der Waals surface area contributed by atoms with Crippen molar-refractivity contribution in [2.75, 3.05) is 13.7 Å². The van der Waals surface area contributed by atoms with Crippen LogP contribution in [0.4, 0.5) is 0 Å². The molecule has 0 atom stereocenters. The summed E-state index contributed by atoms with van der Waals surface area (Å²) in [6, 6.07) is 21.5. The number of hydrogen-bond donors (Lipinski definition) is 0. The van der Waals surface area contributed by atoms with Gasteiger partial charge in [0, 0.05) is 12.1 Å². The Morgan fingerprint density at radius 2 is 1.69 bits per heavy atom. The number of para-hydroxylation sites is 1. The van der Waals surface area contributed by atoms with E-state index in [9.17, 15) is 4.79 Å². The van der Waals surface area contributed by atoms with Crippen LogP contribution in [0.15, 0.2) is 71.5 Å². The Morgan fingerprint density at radius 1 is 0.943 bits per heavy atom. The zero-order valence-electron chi connectivity index (χ0n) is 21.3. The number of nitrogens with zero attached hydrogens (tertiary/aromatic N) is 2. The molecular formula is C30H34N2O3. The highest BCUT2D eigenvalue weighted by Crippen LogP contribution is 2.32. The lowest BCUT2D eigenvalue weighted by atomic mass is 9.85. The number of benzene rings is 3. The highest BCUT2D eigenvalue weighted by Gasteiger charge is 2.19. The van der Waals surface area contributed by atoms with Crippen molar-refractivity contribution in [3.8, 4) is 22.9 Å². The van der Waals surface area contributed by atoms with Crippen LogP contribution in [0.2, 0.25) is 0 Å². The molecule has 0 N–H and O–H groups in total. The van der Waals surface area contributed by atoms with Crippen LogP contribution in [-0.4, -0.2) is 23.3 Å². The maximum Gasteiger partial charge on any atom is 0.261 e. The zero-order valence-corrected chi connectivity index (χ0v) is 21.3. The summed E-state index contributed by atoms with van der Waals surface area (Å²) >= 11 is 0. The lowest BCUT2D eigenvalue weighted by Crippen LogP contribution is -2.24. The summed E-state index contributed by atoms with van der Waals surface area (Å²) in [5.74, 6) is 2.38. The average Bonchev–Trinajstić information content (AvgIpc) is 2.85. The van der Waals surface area contributed by atoms with Crippen LogP contribution in [0, 0.1) is 6.92 Å². The summed E-state index contributed by atoms with van der Waals surface area (Å²) < 4.78 is 13.3. The Balaban J connectivity index is 1.52. The molecule has 1 heterocycles. The molecule has 0 aliphatic carbocycles. The van der Waals surface area contributed by atoms with Crippen LogP contribution in [0.5, 0.6) is 11.5 Å². The van der Waals surface area contributed by atoms with Crippen molar-refractivity contribution in [1.29, 1.82) is 0 Å². The van der Waals surface area contributed by atoms with Gasteiger partial charge in [-0.25, -0.2) is 4.98 Å². The molecular weight excluding hydrogens is 436 g/mol. The fourth-order valence-electron chi connectivity index (χ4n) is 4.25. The van der Waals surface area contributed by atoms with Gasteiger partial charge in [0.2, 0.25) is 0 Å². The van der Waals surface area contributed by atoms with Gasteiger partial charge in [0.1, 0.15) is 17.3 Å². The largest absolute Gasteiger partial charge is 0.497 e. The number of aromatic nitrogens is 2. The second kappa shape index (κ2) is 10.3. The fourth-order valence-corrected chi connectivity index (χ4v) is 4.25. The minimum absolute atomic E-state index is 0.0126. The lowest BCUT2D eigenvalue weighted by Gasteiger charge is -2.23. The van der Waals surface area contributed by atoms with Gasteiger partial charge in [0.25, 0.3) is 5.56 Å². The second-order valence-corrected chi connectivity index (χ2v) is 9.94. The first-order valence-corrected chi connectivity index (χ1v) is 12.2. The SMILES string of the molecule is COc1ccc(-c2nc3ccccc3c(=O)n2CCCCOc2ccc(C)cc2C(C)(C)C)cc1. The maximum absolute atomic E-state index is 13.4. The third-order valence-corrected chi connectivity index (χ3v) is 6.19. The summed E-state index contributed by atoms with van der Waals surface area (Å²) in [7, 11) is 1.64. The number of rotatable bonds is 8. The molecule has 0 fully saturated rings. The van der Waals surface area contributed by atoms with Crippen molar-refractivity contribution in [1.82, 2.24) is 9.55 Å². The summed E-state index contributed by atoms with van der Waals surface area (Å²) in [6.45, 7) is 9.88. The van der Waals surface area contributed by atoms with Gasteiger partial charge < -0.3 is 9.47 Å². The van der Waals surface area contributed by atoms with E-state index in [1.165, 1.54) is 11.1 Å². The van der Waals surface area contributed by atoms with Crippen molar-refractivity contribution >= 4 is 10.9 Å². The van der Waals surface area contributed by atoms with Crippen LogP contribution < -0.4 is 15.0 Å². The highest BCUT2D eigenvalue weighted by molar-refractivity contribution is 5.79. The van der Waals surface area contributed by atoms with Crippen LogP contribution in [0.3, 0.4) is 0 Å². The zero-order chi connectivity index (χ0) is 25.0. The molecule has 3 aromatic carbocycles. The first-order chi connectivity index (χ1) is 16.8. The van der Waals surface area contributed by atoms with Gasteiger partial charge >= 0.3 is 0 Å². The van der Waals surface area contributed by atoms with E-state index in [4.69, 9.17) is 14.5 Å². The molecule has 0 unspecified atom stereocenters. The molecule has 5 heteroatoms. The summed E-state index contributed by atoms with van der Waals surface area (Å²) in [5.41, 5.74) is 4.04. The van der Waals surface area contributed by atoms with Gasteiger partial charge in [-0.2, -0.15) is 0 Å². The van der Waals surface area contributed by atoms with Gasteiger partial charge in [-0.05, 0) is 73.2 Å². The van der Waals surface area contributed by atoms with E-state index in [0.29, 0.717) is 29.9 Å².